The molecule has 0 fully saturated rings. The Morgan fingerprint density at radius 2 is 1.06 bits per heavy atom. The maximum absolute atomic E-state index is 11.8. The van der Waals surface area contributed by atoms with Crippen LogP contribution in [0.15, 0.2) is 0 Å². The Morgan fingerprint density at radius 3 is 1.47 bits per heavy atom. The summed E-state index contributed by atoms with van der Waals surface area (Å²) >= 11 is 0. The smallest absolute Gasteiger partial charge is 0.388 e. The normalized spacial score (nSPS) is 14.7. The molecule has 0 heterocycles. The van der Waals surface area contributed by atoms with Crippen molar-refractivity contribution < 1.29 is 32.8 Å². The molecule has 0 radical (unpaired) electrons. The number of phosphoric ester groups is 1. The van der Waals surface area contributed by atoms with Crippen LogP contribution in [0.1, 0.15) is 122 Å². The summed E-state index contributed by atoms with van der Waals surface area (Å²) in [4.78, 5) is 9.65. The predicted octanol–water partition coefficient (Wildman–Crippen LogP) is 7.25. The molecule has 0 saturated heterocycles. The van der Waals surface area contributed by atoms with Crippen LogP contribution in [0.5, 0.6) is 0 Å². The van der Waals surface area contributed by atoms with E-state index in [0.717, 1.165) is 12.8 Å². The van der Waals surface area contributed by atoms with Gasteiger partial charge in [0.25, 0.3) is 0 Å². The lowest BCUT2D eigenvalue weighted by Gasteiger charge is -2.24. The van der Waals surface area contributed by atoms with Gasteiger partial charge in [-0.1, -0.05) is 116 Å². The maximum Gasteiger partial charge on any atom is 0.472 e. The van der Waals surface area contributed by atoms with Crippen molar-refractivity contribution in [3.05, 3.63) is 0 Å². The maximum atomic E-state index is 11.8. The van der Waals surface area contributed by atoms with Crippen LogP contribution < -0.4 is 0 Å². The minimum absolute atomic E-state index is 0.0951. The monoisotopic (exact) mass is 538 g/mol. The van der Waals surface area contributed by atoms with Gasteiger partial charge in [-0.25, -0.2) is 4.57 Å². The van der Waals surface area contributed by atoms with E-state index in [2.05, 4.69) is 6.92 Å². The van der Waals surface area contributed by atoms with Gasteiger partial charge in [-0.05, 0) is 6.42 Å². The van der Waals surface area contributed by atoms with Crippen molar-refractivity contribution in [3.8, 4) is 0 Å². The Hall–Kier alpha value is -0.0100. The fourth-order valence-corrected chi connectivity index (χ4v) is 4.77. The summed E-state index contributed by atoms with van der Waals surface area (Å²) in [5.74, 6) is 0. The van der Waals surface area contributed by atoms with Crippen molar-refractivity contribution in [1.82, 2.24) is 0 Å². The third-order valence-corrected chi connectivity index (χ3v) is 7.38. The van der Waals surface area contributed by atoms with Crippen LogP contribution in [0, 0.1) is 0 Å². The Morgan fingerprint density at radius 1 is 0.639 bits per heavy atom. The number of likely N-dealkylation sites (N-methyl/N-ethyl adjacent to an activating group) is 1. The topological polar surface area (TPSA) is 85.2 Å². The number of aliphatic hydroxyl groups is 1. The molecule has 0 aromatic rings. The van der Waals surface area contributed by atoms with Crippen LogP contribution >= 0.6 is 7.82 Å². The minimum atomic E-state index is -4.14. The van der Waals surface area contributed by atoms with E-state index in [0.29, 0.717) is 17.6 Å². The quantitative estimate of drug-likeness (QED) is 0.0620. The highest BCUT2D eigenvalue weighted by atomic mass is 31.2. The van der Waals surface area contributed by atoms with Crippen LogP contribution in [-0.2, 0) is 18.3 Å². The van der Waals surface area contributed by atoms with Crippen LogP contribution in [0.2, 0.25) is 0 Å². The van der Waals surface area contributed by atoms with E-state index < -0.39 is 13.9 Å². The first-order valence-electron chi connectivity index (χ1n) is 14.8. The first-order valence-corrected chi connectivity index (χ1v) is 16.3. The summed E-state index contributed by atoms with van der Waals surface area (Å²) in [5.41, 5.74) is 0. The summed E-state index contributed by atoms with van der Waals surface area (Å²) < 4.78 is 27.7. The SMILES string of the molecule is CCCCCCCCCCCCCCCCCCCCOCC(O)COP(=O)(O)OCC[N+](C)(C)C. The molecule has 0 aliphatic heterocycles. The van der Waals surface area contributed by atoms with Gasteiger partial charge in [0.15, 0.2) is 0 Å². The number of aliphatic hydroxyl groups excluding tert-OH is 1. The van der Waals surface area contributed by atoms with E-state index in [9.17, 15) is 14.6 Å². The number of rotatable bonds is 28. The van der Waals surface area contributed by atoms with Crippen molar-refractivity contribution >= 4 is 7.82 Å². The second-order valence-electron chi connectivity index (χ2n) is 11.4. The van der Waals surface area contributed by atoms with E-state index in [4.69, 9.17) is 13.8 Å². The molecule has 7 nitrogen and oxygen atoms in total. The molecule has 2 unspecified atom stereocenters. The molecule has 0 bridgehead atoms. The van der Waals surface area contributed by atoms with Gasteiger partial charge in [0.05, 0.1) is 34.4 Å². The number of phosphoric acid groups is 1. The molecule has 0 aliphatic rings. The molecule has 218 valence electrons. The molecule has 36 heavy (non-hydrogen) atoms. The zero-order chi connectivity index (χ0) is 27.0. The predicted molar refractivity (Wildman–Crippen MR) is 150 cm³/mol. The molecule has 0 aliphatic carbocycles. The number of ether oxygens (including phenoxy) is 1. The zero-order valence-electron chi connectivity index (χ0n) is 24.3. The Bertz CT molecular complexity index is 515. The average molecular weight is 539 g/mol. The zero-order valence-corrected chi connectivity index (χ0v) is 25.2. The van der Waals surface area contributed by atoms with E-state index in [1.165, 1.54) is 103 Å². The van der Waals surface area contributed by atoms with Gasteiger partial charge in [-0.3, -0.25) is 9.05 Å². The van der Waals surface area contributed by atoms with Crippen LogP contribution in [-0.4, -0.2) is 74.7 Å². The van der Waals surface area contributed by atoms with E-state index >= 15 is 0 Å². The molecular formula is C28H61NO6P+. The minimum Gasteiger partial charge on any atom is -0.388 e. The van der Waals surface area contributed by atoms with Gasteiger partial charge in [0, 0.05) is 6.61 Å². The fourth-order valence-electron chi connectivity index (χ4n) is 4.02. The summed E-state index contributed by atoms with van der Waals surface area (Å²) in [7, 11) is 1.76. The van der Waals surface area contributed by atoms with E-state index in [1.54, 1.807) is 0 Å². The van der Waals surface area contributed by atoms with Gasteiger partial charge < -0.3 is 19.2 Å². The molecule has 0 saturated carbocycles. The first-order chi connectivity index (χ1) is 17.2. The standard InChI is InChI=1S/C28H60NO6P/c1-5-6-7-8-9-10-11-12-13-14-15-16-17-18-19-20-21-22-24-33-26-28(30)27-35-36(31,32)34-25-23-29(2,3)4/h28,30H,5-27H2,1-4H3/p+1. The van der Waals surface area contributed by atoms with Gasteiger partial charge in [-0.15, -0.1) is 0 Å². The van der Waals surface area contributed by atoms with Gasteiger partial charge in [-0.2, -0.15) is 0 Å². The summed E-state index contributed by atoms with van der Waals surface area (Å²) in [6.45, 7) is 3.38. The Balaban J connectivity index is 3.34. The highest BCUT2D eigenvalue weighted by molar-refractivity contribution is 7.47. The Kier molecular flexibility index (Phi) is 24.1. The highest BCUT2D eigenvalue weighted by Gasteiger charge is 2.24. The van der Waals surface area contributed by atoms with Crippen LogP contribution in [0.25, 0.3) is 0 Å². The molecule has 8 heteroatoms. The van der Waals surface area contributed by atoms with Gasteiger partial charge >= 0.3 is 7.82 Å². The summed E-state index contributed by atoms with van der Waals surface area (Å²) in [5, 5.41) is 9.88. The van der Waals surface area contributed by atoms with Crippen molar-refractivity contribution in [3.63, 3.8) is 0 Å². The molecule has 2 N–H and O–H groups in total. The molecule has 0 spiro atoms. The van der Waals surface area contributed by atoms with Gasteiger partial charge in [0.2, 0.25) is 0 Å². The lowest BCUT2D eigenvalue weighted by Crippen LogP contribution is -2.37. The lowest BCUT2D eigenvalue weighted by molar-refractivity contribution is -0.870. The third-order valence-electron chi connectivity index (χ3n) is 6.40. The number of nitrogens with zero attached hydrogens (tertiary/aromatic N) is 1. The second kappa shape index (κ2) is 24.1. The largest absolute Gasteiger partial charge is 0.472 e. The molecule has 0 aromatic heterocycles. The number of hydrogen-bond donors (Lipinski definition) is 2. The van der Waals surface area contributed by atoms with Crippen LogP contribution in [0.3, 0.4) is 0 Å². The van der Waals surface area contributed by atoms with E-state index in [-0.39, 0.29) is 19.8 Å². The van der Waals surface area contributed by atoms with Crippen molar-refractivity contribution in [2.75, 3.05) is 54.1 Å². The molecule has 2 atom stereocenters. The molecule has 0 amide bonds. The average Bonchev–Trinajstić information content (AvgIpc) is 2.80. The summed E-state index contributed by atoms with van der Waals surface area (Å²) in [6, 6.07) is 0. The van der Waals surface area contributed by atoms with Gasteiger partial charge in [0.1, 0.15) is 19.3 Å². The summed E-state index contributed by atoms with van der Waals surface area (Å²) in [6.07, 6.45) is 23.3. The van der Waals surface area contributed by atoms with Crippen LogP contribution in [0.4, 0.5) is 0 Å². The molecular weight excluding hydrogens is 477 g/mol. The number of quaternary nitrogens is 1. The fraction of sp³-hybridized carbons (Fsp3) is 1.00. The highest BCUT2D eigenvalue weighted by Crippen LogP contribution is 2.43. The Labute approximate surface area is 223 Å². The second-order valence-corrected chi connectivity index (χ2v) is 12.8. The molecule has 0 rings (SSSR count). The third kappa shape index (κ3) is 28.6. The van der Waals surface area contributed by atoms with Crippen molar-refractivity contribution in [2.24, 2.45) is 0 Å². The van der Waals surface area contributed by atoms with Crippen molar-refractivity contribution in [2.45, 2.75) is 129 Å². The molecule has 0 aromatic carbocycles. The number of hydrogen-bond acceptors (Lipinski definition) is 5. The van der Waals surface area contributed by atoms with E-state index in [1.807, 2.05) is 21.1 Å². The lowest BCUT2D eigenvalue weighted by atomic mass is 10.0. The van der Waals surface area contributed by atoms with Crippen molar-refractivity contribution in [1.29, 1.82) is 0 Å². The number of unbranched alkanes of at least 4 members (excludes halogenated alkanes) is 17. The first kappa shape index (κ1) is 36.0.